The van der Waals surface area contributed by atoms with Crippen LogP contribution in [0.1, 0.15) is 38.3 Å². The number of hydrogen-bond donors (Lipinski definition) is 1. The molecule has 0 heterocycles. The Hall–Kier alpha value is -1.00. The van der Waals surface area contributed by atoms with Crippen LogP contribution < -0.4 is 5.32 Å². The smallest absolute Gasteiger partial charge is 0.126 e. The molecular weight excluding hydrogens is 236 g/mol. The van der Waals surface area contributed by atoms with Gasteiger partial charge in [-0.05, 0) is 44.0 Å². The number of halogens is 2. The van der Waals surface area contributed by atoms with Crippen molar-refractivity contribution in [2.24, 2.45) is 0 Å². The zero-order valence-corrected chi connectivity index (χ0v) is 11.0. The van der Waals surface area contributed by atoms with E-state index in [4.69, 9.17) is 4.74 Å². The molecular formula is C14H21F2NO. The second-order valence-corrected chi connectivity index (χ2v) is 4.34. The van der Waals surface area contributed by atoms with Gasteiger partial charge in [-0.15, -0.1) is 0 Å². The SMILES string of the molecule is CCCOCCCNC(C)c1cc(F)cc(F)c1. The van der Waals surface area contributed by atoms with Crippen LogP contribution in [0, 0.1) is 11.6 Å². The molecule has 1 unspecified atom stereocenters. The van der Waals surface area contributed by atoms with Crippen molar-refractivity contribution in [2.75, 3.05) is 19.8 Å². The Morgan fingerprint density at radius 3 is 2.44 bits per heavy atom. The molecule has 0 saturated carbocycles. The molecule has 0 aliphatic heterocycles. The lowest BCUT2D eigenvalue weighted by molar-refractivity contribution is 0.132. The van der Waals surface area contributed by atoms with Crippen LogP contribution in [0.4, 0.5) is 8.78 Å². The van der Waals surface area contributed by atoms with Gasteiger partial charge in [0.1, 0.15) is 11.6 Å². The van der Waals surface area contributed by atoms with E-state index in [1.54, 1.807) is 0 Å². The Balaban J connectivity index is 2.29. The summed E-state index contributed by atoms with van der Waals surface area (Å²) in [6, 6.07) is 3.53. The van der Waals surface area contributed by atoms with Crippen molar-refractivity contribution in [3.05, 3.63) is 35.4 Å². The summed E-state index contributed by atoms with van der Waals surface area (Å²) in [5, 5.41) is 3.22. The summed E-state index contributed by atoms with van der Waals surface area (Å²) in [5.41, 5.74) is 0.627. The van der Waals surface area contributed by atoms with E-state index in [1.807, 2.05) is 6.92 Å². The Morgan fingerprint density at radius 2 is 1.83 bits per heavy atom. The fourth-order valence-corrected chi connectivity index (χ4v) is 1.68. The minimum atomic E-state index is -0.537. The largest absolute Gasteiger partial charge is 0.381 e. The van der Waals surface area contributed by atoms with E-state index in [9.17, 15) is 8.78 Å². The van der Waals surface area contributed by atoms with E-state index in [2.05, 4.69) is 12.2 Å². The van der Waals surface area contributed by atoms with Crippen LogP contribution in [0.5, 0.6) is 0 Å². The molecule has 0 aliphatic rings. The maximum absolute atomic E-state index is 13.0. The Kier molecular flexibility index (Phi) is 6.83. The lowest BCUT2D eigenvalue weighted by atomic mass is 10.1. The first-order chi connectivity index (χ1) is 8.63. The highest BCUT2D eigenvalue weighted by molar-refractivity contribution is 5.20. The number of hydrogen-bond acceptors (Lipinski definition) is 2. The van der Waals surface area contributed by atoms with Gasteiger partial charge >= 0.3 is 0 Å². The van der Waals surface area contributed by atoms with E-state index in [-0.39, 0.29) is 6.04 Å². The maximum Gasteiger partial charge on any atom is 0.126 e. The molecule has 4 heteroatoms. The van der Waals surface area contributed by atoms with Crippen molar-refractivity contribution in [1.82, 2.24) is 5.32 Å². The van der Waals surface area contributed by atoms with Crippen molar-refractivity contribution in [2.45, 2.75) is 32.7 Å². The molecule has 0 radical (unpaired) electrons. The highest BCUT2D eigenvalue weighted by Crippen LogP contribution is 2.15. The minimum Gasteiger partial charge on any atom is -0.381 e. The Morgan fingerprint density at radius 1 is 1.17 bits per heavy atom. The third-order valence-corrected chi connectivity index (χ3v) is 2.65. The molecule has 1 atom stereocenters. The summed E-state index contributed by atoms with van der Waals surface area (Å²) >= 11 is 0. The highest BCUT2D eigenvalue weighted by atomic mass is 19.1. The number of benzene rings is 1. The molecule has 102 valence electrons. The standard InChI is InChI=1S/C14H21F2NO/c1-3-6-18-7-4-5-17-11(2)12-8-13(15)10-14(16)9-12/h8-11,17H,3-7H2,1-2H3. The molecule has 2 nitrogen and oxygen atoms in total. The average molecular weight is 257 g/mol. The van der Waals surface area contributed by atoms with Gasteiger partial charge in [-0.1, -0.05) is 6.92 Å². The second kappa shape index (κ2) is 8.16. The Bertz CT molecular complexity index is 337. The van der Waals surface area contributed by atoms with E-state index >= 15 is 0 Å². The molecule has 1 aromatic rings. The summed E-state index contributed by atoms with van der Waals surface area (Å²) in [5.74, 6) is -1.07. The zero-order valence-electron chi connectivity index (χ0n) is 11.0. The van der Waals surface area contributed by atoms with Crippen LogP contribution in [0.15, 0.2) is 18.2 Å². The highest BCUT2D eigenvalue weighted by Gasteiger charge is 2.07. The lowest BCUT2D eigenvalue weighted by Gasteiger charge is -2.14. The maximum atomic E-state index is 13.0. The lowest BCUT2D eigenvalue weighted by Crippen LogP contribution is -2.21. The van der Waals surface area contributed by atoms with E-state index in [0.29, 0.717) is 12.2 Å². The van der Waals surface area contributed by atoms with E-state index in [1.165, 1.54) is 12.1 Å². The van der Waals surface area contributed by atoms with Crippen LogP contribution in [0.25, 0.3) is 0 Å². The van der Waals surface area contributed by atoms with Crippen molar-refractivity contribution < 1.29 is 13.5 Å². The molecule has 0 aliphatic carbocycles. The average Bonchev–Trinajstić information content (AvgIpc) is 2.32. The van der Waals surface area contributed by atoms with Crippen LogP contribution in [0.2, 0.25) is 0 Å². The molecule has 0 fully saturated rings. The first-order valence-corrected chi connectivity index (χ1v) is 6.40. The molecule has 0 amide bonds. The number of nitrogens with one attached hydrogen (secondary N) is 1. The molecule has 1 aromatic carbocycles. The minimum absolute atomic E-state index is 0.0682. The summed E-state index contributed by atoms with van der Waals surface area (Å²) in [7, 11) is 0. The summed E-state index contributed by atoms with van der Waals surface area (Å²) in [6.45, 7) is 6.22. The molecule has 1 rings (SSSR count). The fraction of sp³-hybridized carbons (Fsp3) is 0.571. The van der Waals surface area contributed by atoms with E-state index < -0.39 is 11.6 Å². The van der Waals surface area contributed by atoms with Gasteiger partial charge in [0.15, 0.2) is 0 Å². The topological polar surface area (TPSA) is 21.3 Å². The first kappa shape index (κ1) is 15.1. The quantitative estimate of drug-likeness (QED) is 0.720. The number of rotatable bonds is 8. The monoisotopic (exact) mass is 257 g/mol. The molecule has 0 aromatic heterocycles. The zero-order chi connectivity index (χ0) is 13.4. The van der Waals surface area contributed by atoms with Crippen molar-refractivity contribution in [3.8, 4) is 0 Å². The van der Waals surface area contributed by atoms with Gasteiger partial charge in [0.25, 0.3) is 0 Å². The van der Waals surface area contributed by atoms with Gasteiger partial charge in [0, 0.05) is 25.3 Å². The Labute approximate surface area is 107 Å². The molecule has 0 bridgehead atoms. The predicted octanol–water partition coefficient (Wildman–Crippen LogP) is 3.43. The summed E-state index contributed by atoms with van der Waals surface area (Å²) < 4.78 is 31.4. The van der Waals surface area contributed by atoms with Crippen molar-refractivity contribution >= 4 is 0 Å². The van der Waals surface area contributed by atoms with Crippen LogP contribution in [-0.2, 0) is 4.74 Å². The van der Waals surface area contributed by atoms with Gasteiger partial charge in [-0.2, -0.15) is 0 Å². The predicted molar refractivity (Wildman–Crippen MR) is 68.5 cm³/mol. The van der Waals surface area contributed by atoms with Gasteiger partial charge in [0.2, 0.25) is 0 Å². The third-order valence-electron chi connectivity index (χ3n) is 2.65. The van der Waals surface area contributed by atoms with E-state index in [0.717, 1.165) is 32.1 Å². The third kappa shape index (κ3) is 5.56. The van der Waals surface area contributed by atoms with Gasteiger partial charge in [-0.3, -0.25) is 0 Å². The van der Waals surface area contributed by atoms with Crippen LogP contribution in [0.3, 0.4) is 0 Å². The first-order valence-electron chi connectivity index (χ1n) is 6.40. The second-order valence-electron chi connectivity index (χ2n) is 4.34. The van der Waals surface area contributed by atoms with Crippen LogP contribution in [-0.4, -0.2) is 19.8 Å². The summed E-state index contributed by atoms with van der Waals surface area (Å²) in [6.07, 6.45) is 1.91. The fourth-order valence-electron chi connectivity index (χ4n) is 1.68. The normalized spacial score (nSPS) is 12.7. The van der Waals surface area contributed by atoms with Gasteiger partial charge < -0.3 is 10.1 Å². The van der Waals surface area contributed by atoms with Crippen molar-refractivity contribution in [1.29, 1.82) is 0 Å². The summed E-state index contributed by atoms with van der Waals surface area (Å²) in [4.78, 5) is 0. The number of ether oxygens (including phenoxy) is 1. The van der Waals surface area contributed by atoms with Crippen LogP contribution >= 0.6 is 0 Å². The van der Waals surface area contributed by atoms with Gasteiger partial charge in [0.05, 0.1) is 0 Å². The van der Waals surface area contributed by atoms with Gasteiger partial charge in [-0.25, -0.2) is 8.78 Å². The molecule has 18 heavy (non-hydrogen) atoms. The molecule has 1 N–H and O–H groups in total. The molecule has 0 saturated heterocycles. The van der Waals surface area contributed by atoms with Crippen molar-refractivity contribution in [3.63, 3.8) is 0 Å². The molecule has 0 spiro atoms.